The molecule has 3 rings (SSSR count). The number of amides is 2. The van der Waals surface area contributed by atoms with Crippen LogP contribution in [0.2, 0.25) is 0 Å². The van der Waals surface area contributed by atoms with Crippen LogP contribution in [0.4, 0.5) is 5.69 Å². The average molecular weight is 415 g/mol. The third-order valence-corrected chi connectivity index (χ3v) is 5.42. The Morgan fingerprint density at radius 2 is 1.83 bits per heavy atom. The number of nitrogens with zero attached hydrogens (tertiary/aromatic N) is 3. The molecule has 0 radical (unpaired) electrons. The number of hydrogen-bond donors (Lipinski definition) is 3. The van der Waals surface area contributed by atoms with Crippen LogP contribution in [0.5, 0.6) is 0 Å². The summed E-state index contributed by atoms with van der Waals surface area (Å²) in [6, 6.07) is 7.48. The number of anilines is 1. The van der Waals surface area contributed by atoms with Crippen LogP contribution < -0.4 is 5.32 Å². The van der Waals surface area contributed by atoms with E-state index in [1.807, 2.05) is 29.3 Å². The first kappa shape index (κ1) is 21.8. The number of hydrogen-bond acceptors (Lipinski definition) is 5. The van der Waals surface area contributed by atoms with Gasteiger partial charge in [0, 0.05) is 70.6 Å². The maximum atomic E-state index is 12.4. The number of carboxylic acid groups (broad SMARTS) is 1. The lowest BCUT2D eigenvalue weighted by atomic mass is 10.0. The number of aromatic amines is 1. The lowest BCUT2D eigenvalue weighted by Crippen LogP contribution is -2.50. The fourth-order valence-corrected chi connectivity index (χ4v) is 3.57. The van der Waals surface area contributed by atoms with Crippen molar-refractivity contribution in [3.05, 3.63) is 30.5 Å². The van der Waals surface area contributed by atoms with Crippen LogP contribution in [-0.4, -0.2) is 95.9 Å². The Hall–Kier alpha value is -2.91. The zero-order chi connectivity index (χ0) is 21.7. The van der Waals surface area contributed by atoms with Crippen LogP contribution in [0.3, 0.4) is 0 Å². The molecule has 0 unspecified atom stereocenters. The summed E-state index contributed by atoms with van der Waals surface area (Å²) in [5.41, 5.74) is 1.55. The highest BCUT2D eigenvalue weighted by atomic mass is 16.4. The molecule has 2 aromatic rings. The van der Waals surface area contributed by atoms with Gasteiger partial charge in [0.2, 0.25) is 11.8 Å². The highest BCUT2D eigenvalue weighted by Crippen LogP contribution is 2.18. The molecule has 1 saturated heterocycles. The summed E-state index contributed by atoms with van der Waals surface area (Å²) in [7, 11) is 3.47. The molecule has 162 valence electrons. The van der Waals surface area contributed by atoms with Crippen molar-refractivity contribution in [2.24, 2.45) is 5.92 Å². The molecule has 1 aliphatic heterocycles. The predicted octanol–water partition coefficient (Wildman–Crippen LogP) is 0.903. The maximum absolute atomic E-state index is 12.4. The molecule has 9 nitrogen and oxygen atoms in total. The number of piperazine rings is 1. The molecule has 0 bridgehead atoms. The van der Waals surface area contributed by atoms with Crippen molar-refractivity contribution in [2.45, 2.75) is 6.42 Å². The van der Waals surface area contributed by atoms with Gasteiger partial charge in [-0.3, -0.25) is 24.2 Å². The van der Waals surface area contributed by atoms with E-state index in [2.05, 4.69) is 15.2 Å². The number of aliphatic carboxylic acids is 1. The average Bonchev–Trinajstić information content (AvgIpc) is 3.16. The van der Waals surface area contributed by atoms with E-state index in [1.54, 1.807) is 25.1 Å². The van der Waals surface area contributed by atoms with Crippen LogP contribution in [0.15, 0.2) is 30.5 Å². The van der Waals surface area contributed by atoms with Gasteiger partial charge in [-0.05, 0) is 23.6 Å². The summed E-state index contributed by atoms with van der Waals surface area (Å²) in [5, 5.41) is 13.4. The number of likely N-dealkylation sites (N-methyl/N-ethyl adjacent to an activating group) is 1. The van der Waals surface area contributed by atoms with Crippen LogP contribution in [0.25, 0.3) is 10.9 Å². The Morgan fingerprint density at radius 3 is 2.50 bits per heavy atom. The maximum Gasteiger partial charge on any atom is 0.308 e. The molecule has 0 aliphatic carbocycles. The van der Waals surface area contributed by atoms with Gasteiger partial charge in [0.05, 0.1) is 12.5 Å². The third kappa shape index (κ3) is 5.80. The van der Waals surface area contributed by atoms with Crippen LogP contribution >= 0.6 is 0 Å². The van der Waals surface area contributed by atoms with Crippen molar-refractivity contribution < 1.29 is 19.5 Å². The molecule has 2 amide bonds. The minimum absolute atomic E-state index is 0.0565. The SMILES string of the molecule is CN(C)C(=O)CN1CCN(C[C@@H](CC(=O)Nc2ccc3cc[nH]c3c2)C(=O)O)CC1. The van der Waals surface area contributed by atoms with Crippen molar-refractivity contribution in [2.75, 3.05) is 58.7 Å². The normalized spacial score (nSPS) is 16.3. The summed E-state index contributed by atoms with van der Waals surface area (Å²) < 4.78 is 0. The second-order valence-corrected chi connectivity index (χ2v) is 7.93. The van der Waals surface area contributed by atoms with Gasteiger partial charge in [0.15, 0.2) is 0 Å². The molecule has 9 heteroatoms. The lowest BCUT2D eigenvalue weighted by Gasteiger charge is -2.35. The number of carbonyl (C=O) groups excluding carboxylic acids is 2. The molecule has 1 fully saturated rings. The summed E-state index contributed by atoms with van der Waals surface area (Å²) in [4.78, 5) is 44.7. The van der Waals surface area contributed by atoms with Crippen molar-refractivity contribution in [3.8, 4) is 0 Å². The minimum Gasteiger partial charge on any atom is -0.481 e. The van der Waals surface area contributed by atoms with E-state index in [0.717, 1.165) is 10.9 Å². The second kappa shape index (κ2) is 9.73. The number of carboxylic acids is 1. The Morgan fingerprint density at radius 1 is 1.13 bits per heavy atom. The topological polar surface area (TPSA) is 109 Å². The Kier molecular flexibility index (Phi) is 7.07. The van der Waals surface area contributed by atoms with Crippen LogP contribution in [-0.2, 0) is 14.4 Å². The zero-order valence-electron chi connectivity index (χ0n) is 17.4. The molecule has 30 heavy (non-hydrogen) atoms. The molecular formula is C21H29N5O4. The fraction of sp³-hybridized carbons (Fsp3) is 0.476. The third-order valence-electron chi connectivity index (χ3n) is 5.42. The van der Waals surface area contributed by atoms with E-state index < -0.39 is 11.9 Å². The number of nitrogens with one attached hydrogen (secondary N) is 2. The number of aromatic nitrogens is 1. The number of H-pyrrole nitrogens is 1. The monoisotopic (exact) mass is 415 g/mol. The molecule has 2 heterocycles. The summed E-state index contributed by atoms with van der Waals surface area (Å²) in [6.45, 7) is 3.44. The van der Waals surface area contributed by atoms with E-state index in [0.29, 0.717) is 45.0 Å². The largest absolute Gasteiger partial charge is 0.481 e. The van der Waals surface area contributed by atoms with Gasteiger partial charge in [-0.1, -0.05) is 6.07 Å². The number of rotatable bonds is 8. The van der Waals surface area contributed by atoms with Gasteiger partial charge in [-0.25, -0.2) is 0 Å². The first-order valence-corrected chi connectivity index (χ1v) is 10.1. The molecule has 0 saturated carbocycles. The molecule has 3 N–H and O–H groups in total. The second-order valence-electron chi connectivity index (χ2n) is 7.93. The summed E-state index contributed by atoms with van der Waals surface area (Å²) in [5.74, 6) is -2.02. The highest BCUT2D eigenvalue weighted by molar-refractivity contribution is 5.95. The van der Waals surface area contributed by atoms with Crippen LogP contribution in [0.1, 0.15) is 6.42 Å². The van der Waals surface area contributed by atoms with E-state index in [4.69, 9.17) is 0 Å². The number of carbonyl (C=O) groups is 3. The standard InChI is InChI=1S/C21H29N5O4/c1-24(2)20(28)14-26-9-7-25(8-10-26)13-16(21(29)30)11-19(27)23-17-4-3-15-5-6-22-18(15)12-17/h3-6,12,16,22H,7-11,13-14H2,1-2H3,(H,23,27)(H,29,30)/t16-/m1/s1. The number of benzene rings is 1. The highest BCUT2D eigenvalue weighted by Gasteiger charge is 2.27. The first-order valence-electron chi connectivity index (χ1n) is 10.1. The van der Waals surface area contributed by atoms with E-state index in [1.165, 1.54) is 0 Å². The molecule has 1 atom stereocenters. The molecule has 1 aliphatic rings. The Labute approximate surface area is 175 Å². The quantitative estimate of drug-likeness (QED) is 0.591. The molecular weight excluding hydrogens is 386 g/mol. The van der Waals surface area contributed by atoms with Crippen LogP contribution in [0, 0.1) is 5.92 Å². The van der Waals surface area contributed by atoms with Crippen molar-refractivity contribution in [3.63, 3.8) is 0 Å². The van der Waals surface area contributed by atoms with Gasteiger partial charge in [0.1, 0.15) is 0 Å². The van der Waals surface area contributed by atoms with E-state index in [-0.39, 0.29) is 18.2 Å². The molecule has 0 spiro atoms. The van der Waals surface area contributed by atoms with Gasteiger partial charge in [-0.15, -0.1) is 0 Å². The summed E-state index contributed by atoms with van der Waals surface area (Å²) in [6.07, 6.45) is 1.74. The van der Waals surface area contributed by atoms with Gasteiger partial charge < -0.3 is 20.3 Å². The van der Waals surface area contributed by atoms with E-state index in [9.17, 15) is 19.5 Å². The molecule has 1 aromatic heterocycles. The smallest absolute Gasteiger partial charge is 0.308 e. The van der Waals surface area contributed by atoms with Crippen molar-refractivity contribution in [1.29, 1.82) is 0 Å². The van der Waals surface area contributed by atoms with Gasteiger partial charge >= 0.3 is 5.97 Å². The Bertz CT molecular complexity index is 902. The van der Waals surface area contributed by atoms with Crippen molar-refractivity contribution in [1.82, 2.24) is 19.7 Å². The minimum atomic E-state index is -0.977. The summed E-state index contributed by atoms with van der Waals surface area (Å²) >= 11 is 0. The van der Waals surface area contributed by atoms with Gasteiger partial charge in [-0.2, -0.15) is 0 Å². The number of fused-ring (bicyclic) bond motifs is 1. The van der Waals surface area contributed by atoms with E-state index >= 15 is 0 Å². The van der Waals surface area contributed by atoms with Gasteiger partial charge in [0.25, 0.3) is 0 Å². The lowest BCUT2D eigenvalue weighted by molar-refractivity contribution is -0.144. The predicted molar refractivity (Wildman–Crippen MR) is 114 cm³/mol. The fourth-order valence-electron chi connectivity index (χ4n) is 3.57. The molecule has 1 aromatic carbocycles. The van der Waals surface area contributed by atoms with Crippen molar-refractivity contribution >= 4 is 34.4 Å². The first-order chi connectivity index (χ1) is 14.3. The Balaban J connectivity index is 1.49. The zero-order valence-corrected chi connectivity index (χ0v) is 17.4.